The van der Waals surface area contributed by atoms with E-state index in [1.165, 1.54) is 25.0 Å². The molecule has 0 bridgehead atoms. The van der Waals surface area contributed by atoms with E-state index in [0.29, 0.717) is 5.92 Å². The Morgan fingerprint density at radius 1 is 1.35 bits per heavy atom. The van der Waals surface area contributed by atoms with E-state index in [-0.39, 0.29) is 6.04 Å². The lowest BCUT2D eigenvalue weighted by Gasteiger charge is -2.34. The van der Waals surface area contributed by atoms with E-state index in [1.807, 2.05) is 11.7 Å². The molecule has 17 heavy (non-hydrogen) atoms. The van der Waals surface area contributed by atoms with Gasteiger partial charge in [0, 0.05) is 12.7 Å². The van der Waals surface area contributed by atoms with Crippen LogP contribution < -0.4 is 5.73 Å². The molecule has 1 aromatic heterocycles. The average Bonchev–Trinajstić information content (AvgIpc) is 2.62. The normalized spacial score (nSPS) is 31.5. The Labute approximate surface area is 104 Å². The van der Waals surface area contributed by atoms with Crippen molar-refractivity contribution in [3.05, 3.63) is 17.5 Å². The van der Waals surface area contributed by atoms with Crippen molar-refractivity contribution in [2.75, 3.05) is 0 Å². The first-order chi connectivity index (χ1) is 7.99. The minimum atomic E-state index is 0.116. The van der Waals surface area contributed by atoms with Gasteiger partial charge in [0.15, 0.2) is 0 Å². The molecule has 2 N–H and O–H groups in total. The van der Waals surface area contributed by atoms with E-state index in [0.717, 1.165) is 17.5 Å². The Balaban J connectivity index is 2.07. The van der Waals surface area contributed by atoms with Gasteiger partial charge in [-0.1, -0.05) is 20.3 Å². The zero-order chi connectivity index (χ0) is 12.6. The second kappa shape index (κ2) is 4.81. The first-order valence-electron chi connectivity index (χ1n) is 6.75. The molecule has 0 radical (unpaired) electrons. The van der Waals surface area contributed by atoms with E-state index in [1.54, 1.807) is 0 Å². The van der Waals surface area contributed by atoms with Crippen molar-refractivity contribution in [1.82, 2.24) is 9.78 Å². The topological polar surface area (TPSA) is 43.8 Å². The number of nitrogens with zero attached hydrogens (tertiary/aromatic N) is 2. The number of hydrogen-bond acceptors (Lipinski definition) is 2. The Hall–Kier alpha value is -0.830. The molecular formula is C14H25N3. The fourth-order valence-electron chi connectivity index (χ4n) is 2.91. The SMILES string of the molecule is Cc1cc(C(N)C2CCC(C)C(C)C2)nn1C. The van der Waals surface area contributed by atoms with Crippen molar-refractivity contribution in [3.63, 3.8) is 0 Å². The van der Waals surface area contributed by atoms with E-state index in [9.17, 15) is 0 Å². The minimum Gasteiger partial charge on any atom is -0.322 e. The molecule has 4 atom stereocenters. The van der Waals surface area contributed by atoms with Crippen LogP contribution in [0.4, 0.5) is 0 Å². The number of rotatable bonds is 2. The third-order valence-electron chi connectivity index (χ3n) is 4.62. The van der Waals surface area contributed by atoms with Gasteiger partial charge in [-0.25, -0.2) is 0 Å². The van der Waals surface area contributed by atoms with Crippen LogP contribution in [0.3, 0.4) is 0 Å². The van der Waals surface area contributed by atoms with Gasteiger partial charge in [-0.2, -0.15) is 5.10 Å². The lowest BCUT2D eigenvalue weighted by atomic mass is 9.73. The van der Waals surface area contributed by atoms with Gasteiger partial charge in [-0.15, -0.1) is 0 Å². The summed E-state index contributed by atoms with van der Waals surface area (Å²) in [5.74, 6) is 2.25. The van der Waals surface area contributed by atoms with Gasteiger partial charge in [0.2, 0.25) is 0 Å². The highest BCUT2D eigenvalue weighted by Gasteiger charge is 2.30. The van der Waals surface area contributed by atoms with E-state index < -0.39 is 0 Å². The summed E-state index contributed by atoms with van der Waals surface area (Å²) >= 11 is 0. The molecule has 0 aliphatic heterocycles. The van der Waals surface area contributed by atoms with Gasteiger partial charge in [0.25, 0.3) is 0 Å². The number of aryl methyl sites for hydroxylation is 2. The van der Waals surface area contributed by atoms with E-state index in [2.05, 4.69) is 31.9 Å². The van der Waals surface area contributed by atoms with E-state index in [4.69, 9.17) is 5.73 Å². The lowest BCUT2D eigenvalue weighted by molar-refractivity contribution is 0.184. The Kier molecular flexibility index (Phi) is 3.57. The fourth-order valence-corrected chi connectivity index (χ4v) is 2.91. The van der Waals surface area contributed by atoms with Crippen LogP contribution in [-0.2, 0) is 7.05 Å². The molecule has 2 rings (SSSR count). The number of hydrogen-bond donors (Lipinski definition) is 1. The van der Waals surface area contributed by atoms with Crippen LogP contribution >= 0.6 is 0 Å². The van der Waals surface area contributed by atoms with Crippen molar-refractivity contribution < 1.29 is 0 Å². The highest BCUT2D eigenvalue weighted by Crippen LogP contribution is 2.38. The van der Waals surface area contributed by atoms with Crippen molar-refractivity contribution in [2.45, 2.75) is 46.1 Å². The van der Waals surface area contributed by atoms with Gasteiger partial charge in [0.1, 0.15) is 0 Å². The maximum absolute atomic E-state index is 6.38. The quantitative estimate of drug-likeness (QED) is 0.856. The summed E-state index contributed by atoms with van der Waals surface area (Å²) < 4.78 is 1.92. The van der Waals surface area contributed by atoms with Gasteiger partial charge in [-0.05, 0) is 43.6 Å². The van der Waals surface area contributed by atoms with Crippen LogP contribution in [0.2, 0.25) is 0 Å². The maximum Gasteiger partial charge on any atom is 0.0797 e. The Morgan fingerprint density at radius 2 is 2.06 bits per heavy atom. The molecule has 0 amide bonds. The number of nitrogens with two attached hydrogens (primary N) is 1. The fraction of sp³-hybridized carbons (Fsp3) is 0.786. The van der Waals surface area contributed by atoms with Crippen molar-refractivity contribution in [3.8, 4) is 0 Å². The average molecular weight is 235 g/mol. The monoisotopic (exact) mass is 235 g/mol. The molecule has 0 aromatic carbocycles. The Bertz CT molecular complexity index is 363. The summed E-state index contributed by atoms with van der Waals surface area (Å²) in [7, 11) is 1.98. The predicted molar refractivity (Wildman–Crippen MR) is 70.5 cm³/mol. The van der Waals surface area contributed by atoms with Crippen LogP contribution in [0.25, 0.3) is 0 Å². The second-order valence-corrected chi connectivity index (χ2v) is 5.89. The predicted octanol–water partition coefficient (Wildman–Crippen LogP) is 2.80. The van der Waals surface area contributed by atoms with Gasteiger partial charge in [-0.3, -0.25) is 4.68 Å². The molecule has 1 fully saturated rings. The molecule has 1 heterocycles. The van der Waals surface area contributed by atoms with Crippen LogP contribution in [0.5, 0.6) is 0 Å². The van der Waals surface area contributed by atoms with Crippen molar-refractivity contribution in [2.24, 2.45) is 30.5 Å². The standard InChI is InChI=1S/C14H25N3/c1-9-5-6-12(7-10(9)2)14(15)13-8-11(3)17(4)16-13/h8-10,12,14H,5-7,15H2,1-4H3. The third kappa shape index (κ3) is 2.54. The molecule has 0 saturated heterocycles. The summed E-state index contributed by atoms with van der Waals surface area (Å²) in [4.78, 5) is 0. The number of aromatic nitrogens is 2. The molecule has 96 valence electrons. The Morgan fingerprint density at radius 3 is 2.59 bits per heavy atom. The summed E-state index contributed by atoms with van der Waals surface area (Å²) in [5, 5.41) is 4.52. The first-order valence-corrected chi connectivity index (χ1v) is 6.75. The van der Waals surface area contributed by atoms with Gasteiger partial charge in [0.05, 0.1) is 11.7 Å². The van der Waals surface area contributed by atoms with Crippen LogP contribution in [0, 0.1) is 24.7 Å². The zero-order valence-corrected chi connectivity index (χ0v) is 11.5. The third-order valence-corrected chi connectivity index (χ3v) is 4.62. The molecular weight excluding hydrogens is 210 g/mol. The van der Waals surface area contributed by atoms with Crippen LogP contribution in [0.15, 0.2) is 6.07 Å². The minimum absolute atomic E-state index is 0.116. The largest absolute Gasteiger partial charge is 0.322 e. The zero-order valence-electron chi connectivity index (χ0n) is 11.5. The van der Waals surface area contributed by atoms with Crippen molar-refractivity contribution in [1.29, 1.82) is 0 Å². The molecule has 1 aliphatic rings. The molecule has 3 heteroatoms. The van der Waals surface area contributed by atoms with Crippen LogP contribution in [-0.4, -0.2) is 9.78 Å². The van der Waals surface area contributed by atoms with Gasteiger partial charge < -0.3 is 5.73 Å². The smallest absolute Gasteiger partial charge is 0.0797 e. The van der Waals surface area contributed by atoms with Crippen LogP contribution in [0.1, 0.15) is 50.5 Å². The summed E-state index contributed by atoms with van der Waals surface area (Å²) in [6, 6.07) is 2.25. The molecule has 1 aromatic rings. The maximum atomic E-state index is 6.38. The molecule has 1 aliphatic carbocycles. The summed E-state index contributed by atoms with van der Waals surface area (Å²) in [6.45, 7) is 6.79. The highest BCUT2D eigenvalue weighted by atomic mass is 15.3. The lowest BCUT2D eigenvalue weighted by Crippen LogP contribution is -2.29. The first kappa shape index (κ1) is 12.6. The van der Waals surface area contributed by atoms with E-state index >= 15 is 0 Å². The van der Waals surface area contributed by atoms with Gasteiger partial charge >= 0.3 is 0 Å². The molecule has 3 nitrogen and oxygen atoms in total. The summed E-state index contributed by atoms with van der Waals surface area (Å²) in [6.07, 6.45) is 3.81. The second-order valence-electron chi connectivity index (χ2n) is 5.89. The molecule has 1 saturated carbocycles. The van der Waals surface area contributed by atoms with Crippen molar-refractivity contribution >= 4 is 0 Å². The molecule has 0 spiro atoms. The highest BCUT2D eigenvalue weighted by molar-refractivity contribution is 5.13. The molecule has 4 unspecified atom stereocenters. The summed E-state index contributed by atoms with van der Waals surface area (Å²) in [5.41, 5.74) is 8.64.